The summed E-state index contributed by atoms with van der Waals surface area (Å²) in [6.07, 6.45) is 6.74. The fourth-order valence-electron chi connectivity index (χ4n) is 4.41. The van der Waals surface area contributed by atoms with Crippen molar-refractivity contribution in [2.45, 2.75) is 13.3 Å². The number of aryl methyl sites for hydroxylation is 1. The summed E-state index contributed by atoms with van der Waals surface area (Å²) in [5.41, 5.74) is 3.88. The van der Waals surface area contributed by atoms with Gasteiger partial charge in [-0.1, -0.05) is 0 Å². The Bertz CT molecular complexity index is 1570. The Morgan fingerprint density at radius 2 is 1.89 bits per heavy atom. The fourth-order valence-corrected chi connectivity index (χ4v) is 5.24. The van der Waals surface area contributed by atoms with Gasteiger partial charge in [0.2, 0.25) is 15.9 Å². The van der Waals surface area contributed by atoms with Gasteiger partial charge in [0.15, 0.2) is 11.5 Å². The zero-order chi connectivity index (χ0) is 26.9. The number of nitrogens with one attached hydrogen (secondary N) is 2. The molecule has 0 amide bonds. The zero-order valence-electron chi connectivity index (χ0n) is 21.3. The number of sulfonamides is 1. The molecule has 0 atom stereocenters. The van der Waals surface area contributed by atoms with E-state index in [0.29, 0.717) is 72.4 Å². The molecule has 14 heteroatoms. The van der Waals surface area contributed by atoms with Crippen molar-refractivity contribution in [2.75, 3.05) is 51.4 Å². The van der Waals surface area contributed by atoms with Crippen LogP contribution >= 0.6 is 0 Å². The van der Waals surface area contributed by atoms with E-state index in [1.807, 2.05) is 6.07 Å². The fraction of sp³-hybridized carbons (Fsp3) is 0.375. The van der Waals surface area contributed by atoms with Crippen LogP contribution in [-0.2, 0) is 16.4 Å². The van der Waals surface area contributed by atoms with Crippen LogP contribution < -0.4 is 10.1 Å². The number of hydrogen-bond donors (Lipinski definition) is 2. The molecule has 38 heavy (non-hydrogen) atoms. The van der Waals surface area contributed by atoms with E-state index in [4.69, 9.17) is 4.74 Å². The normalized spacial score (nSPS) is 15.2. The lowest BCUT2D eigenvalue weighted by Crippen LogP contribution is -2.48. The first kappa shape index (κ1) is 25.9. The van der Waals surface area contributed by atoms with E-state index in [2.05, 4.69) is 40.1 Å². The number of methoxy groups -OCH3 is 1. The summed E-state index contributed by atoms with van der Waals surface area (Å²) >= 11 is 0. The van der Waals surface area contributed by atoms with Crippen LogP contribution in [0.1, 0.15) is 11.4 Å². The van der Waals surface area contributed by atoms with Crippen molar-refractivity contribution in [3.63, 3.8) is 0 Å². The van der Waals surface area contributed by atoms with E-state index in [9.17, 15) is 12.8 Å². The minimum Gasteiger partial charge on any atom is -0.479 e. The second kappa shape index (κ2) is 10.6. The summed E-state index contributed by atoms with van der Waals surface area (Å²) in [4.78, 5) is 27.3. The minimum absolute atomic E-state index is 0.0953. The van der Waals surface area contributed by atoms with E-state index >= 15 is 0 Å². The third kappa shape index (κ3) is 5.56. The van der Waals surface area contributed by atoms with Gasteiger partial charge in [-0.3, -0.25) is 0 Å². The maximum absolute atomic E-state index is 14.3. The number of pyridine rings is 2. The van der Waals surface area contributed by atoms with E-state index in [-0.39, 0.29) is 5.88 Å². The van der Waals surface area contributed by atoms with Crippen molar-refractivity contribution < 1.29 is 17.5 Å². The van der Waals surface area contributed by atoms with Crippen molar-refractivity contribution in [1.29, 1.82) is 0 Å². The van der Waals surface area contributed by atoms with Gasteiger partial charge in [-0.25, -0.2) is 37.7 Å². The number of fused-ring (bicyclic) bond motifs is 1. The third-order valence-corrected chi connectivity index (χ3v) is 7.68. The quantitative estimate of drug-likeness (QED) is 0.341. The molecule has 200 valence electrons. The van der Waals surface area contributed by atoms with E-state index in [1.165, 1.54) is 29.9 Å². The van der Waals surface area contributed by atoms with Gasteiger partial charge in [0.1, 0.15) is 22.9 Å². The van der Waals surface area contributed by atoms with E-state index in [0.717, 1.165) is 12.1 Å². The van der Waals surface area contributed by atoms with E-state index < -0.39 is 15.8 Å². The molecule has 4 aromatic rings. The van der Waals surface area contributed by atoms with Gasteiger partial charge in [0.05, 0.1) is 31.6 Å². The summed E-state index contributed by atoms with van der Waals surface area (Å²) in [5.74, 6) is 0.329. The molecular formula is C24H28FN9O3S. The molecule has 0 radical (unpaired) electrons. The number of rotatable bonds is 8. The van der Waals surface area contributed by atoms with Gasteiger partial charge in [-0.2, -0.15) is 4.31 Å². The smallest absolute Gasteiger partial charge is 0.250 e. The Morgan fingerprint density at radius 1 is 1.11 bits per heavy atom. The highest BCUT2D eigenvalue weighted by Gasteiger charge is 2.23. The van der Waals surface area contributed by atoms with Crippen LogP contribution in [0.3, 0.4) is 0 Å². The Labute approximate surface area is 219 Å². The monoisotopic (exact) mass is 541 g/mol. The molecule has 0 aliphatic carbocycles. The van der Waals surface area contributed by atoms with Crippen molar-refractivity contribution >= 4 is 32.7 Å². The molecule has 1 aliphatic heterocycles. The van der Waals surface area contributed by atoms with Crippen LogP contribution in [0.25, 0.3) is 22.4 Å². The maximum atomic E-state index is 14.3. The summed E-state index contributed by atoms with van der Waals surface area (Å²) in [5, 5.41) is 3.15. The highest BCUT2D eigenvalue weighted by atomic mass is 32.2. The van der Waals surface area contributed by atoms with Crippen LogP contribution in [0.5, 0.6) is 5.88 Å². The Hall–Kier alpha value is -3.75. The molecule has 0 saturated carbocycles. The Morgan fingerprint density at radius 3 is 2.61 bits per heavy atom. The second-order valence-electron chi connectivity index (χ2n) is 9.05. The van der Waals surface area contributed by atoms with Gasteiger partial charge < -0.3 is 19.9 Å². The highest BCUT2D eigenvalue weighted by molar-refractivity contribution is 7.88. The molecule has 1 aliphatic rings. The molecule has 0 unspecified atom stereocenters. The van der Waals surface area contributed by atoms with Gasteiger partial charge in [0.25, 0.3) is 0 Å². The number of ether oxygens (including phenoxy) is 1. The number of anilines is 2. The molecule has 5 rings (SSSR count). The summed E-state index contributed by atoms with van der Waals surface area (Å²) in [6, 6.07) is 3.29. The second-order valence-corrected chi connectivity index (χ2v) is 11.0. The first-order valence-corrected chi connectivity index (χ1v) is 13.9. The van der Waals surface area contributed by atoms with Gasteiger partial charge in [-0.15, -0.1) is 0 Å². The first-order chi connectivity index (χ1) is 18.2. The predicted molar refractivity (Wildman–Crippen MR) is 140 cm³/mol. The number of hydrogen-bond acceptors (Lipinski definition) is 10. The van der Waals surface area contributed by atoms with E-state index in [1.54, 1.807) is 19.4 Å². The summed E-state index contributed by atoms with van der Waals surface area (Å²) in [7, 11) is -1.82. The number of aromatic nitrogens is 6. The van der Waals surface area contributed by atoms with Crippen LogP contribution in [0.4, 0.5) is 15.9 Å². The molecule has 0 bridgehead atoms. The number of imidazole rings is 1. The predicted octanol–water partition coefficient (Wildman–Crippen LogP) is 2.13. The van der Waals surface area contributed by atoms with Crippen LogP contribution in [0, 0.1) is 12.7 Å². The zero-order valence-corrected chi connectivity index (χ0v) is 22.1. The van der Waals surface area contributed by atoms with Gasteiger partial charge in [0, 0.05) is 50.6 Å². The van der Waals surface area contributed by atoms with Crippen LogP contribution in [-0.4, -0.2) is 93.6 Å². The van der Waals surface area contributed by atoms with Crippen LogP contribution in [0.15, 0.2) is 30.9 Å². The molecule has 1 fully saturated rings. The summed E-state index contributed by atoms with van der Waals surface area (Å²) in [6.45, 7) is 4.85. The standard InChI is InChI=1S/C24H28FN9O3S/c1-15-30-20(21-23(31-15)29-14-28-21)18-10-16(4-5-33-6-8-34(9-7-33)38(3,35)36)12-26-22(18)32-17-11-19(25)24(37-2)27-13-17/h10-14H,4-9H2,1-3H3,(H,26,32)(H,28,29,30,31). The van der Waals surface area contributed by atoms with Crippen molar-refractivity contribution in [1.82, 2.24) is 39.1 Å². The minimum atomic E-state index is -3.17. The molecule has 4 aromatic heterocycles. The van der Waals surface area contributed by atoms with Gasteiger partial charge in [-0.05, 0) is 25.0 Å². The highest BCUT2D eigenvalue weighted by Crippen LogP contribution is 2.32. The van der Waals surface area contributed by atoms with Gasteiger partial charge >= 0.3 is 0 Å². The SMILES string of the molecule is COc1ncc(Nc2ncc(CCN3CCN(S(C)(=O)=O)CC3)cc2-c2nc(C)nc3nc[nH]c23)cc1F. The number of aromatic amines is 1. The van der Waals surface area contributed by atoms with Crippen molar-refractivity contribution in [3.05, 3.63) is 48.1 Å². The lowest BCUT2D eigenvalue weighted by Gasteiger charge is -2.33. The lowest BCUT2D eigenvalue weighted by molar-refractivity contribution is 0.191. The van der Waals surface area contributed by atoms with Crippen molar-refractivity contribution in [2.24, 2.45) is 0 Å². The summed E-state index contributed by atoms with van der Waals surface area (Å²) < 4.78 is 44.3. The molecule has 1 saturated heterocycles. The Kier molecular flexibility index (Phi) is 7.19. The number of halogens is 1. The molecule has 0 aromatic carbocycles. The maximum Gasteiger partial charge on any atom is 0.250 e. The average molecular weight is 542 g/mol. The average Bonchev–Trinajstić information content (AvgIpc) is 3.36. The molecule has 0 spiro atoms. The lowest BCUT2D eigenvalue weighted by atomic mass is 10.1. The molecule has 2 N–H and O–H groups in total. The number of nitrogens with zero attached hydrogens (tertiary/aromatic N) is 7. The number of piperazine rings is 1. The topological polar surface area (TPSA) is 142 Å². The third-order valence-electron chi connectivity index (χ3n) is 6.38. The van der Waals surface area contributed by atoms with Crippen molar-refractivity contribution in [3.8, 4) is 17.1 Å². The number of H-pyrrole nitrogens is 1. The van der Waals surface area contributed by atoms with Crippen LogP contribution in [0.2, 0.25) is 0 Å². The molecule has 5 heterocycles. The largest absolute Gasteiger partial charge is 0.479 e. The first-order valence-electron chi connectivity index (χ1n) is 12.0. The molecule has 12 nitrogen and oxygen atoms in total. The molecular weight excluding hydrogens is 513 g/mol. The Balaban J connectivity index is 1.44.